The Balaban J connectivity index is 0.00000182. The van der Waals surface area contributed by atoms with Gasteiger partial charge in [0.1, 0.15) is 13.2 Å². The van der Waals surface area contributed by atoms with Gasteiger partial charge >= 0.3 is 0 Å². The first-order chi connectivity index (χ1) is 11.7. The number of rotatable bonds is 3. The summed E-state index contributed by atoms with van der Waals surface area (Å²) >= 11 is 6.24. The second kappa shape index (κ2) is 8.02. The second-order valence-corrected chi connectivity index (χ2v) is 7.33. The molecule has 138 valence electrons. The van der Waals surface area contributed by atoms with Gasteiger partial charge in [0.05, 0.1) is 11.1 Å². The molecule has 7 heteroatoms. The minimum Gasteiger partial charge on any atom is -0.486 e. The fourth-order valence-corrected chi connectivity index (χ4v) is 4.39. The van der Waals surface area contributed by atoms with Crippen molar-refractivity contribution in [1.82, 2.24) is 10.6 Å². The van der Waals surface area contributed by atoms with Gasteiger partial charge < -0.3 is 20.1 Å². The first-order valence-corrected chi connectivity index (χ1v) is 9.20. The Labute approximate surface area is 159 Å². The largest absolute Gasteiger partial charge is 0.486 e. The van der Waals surface area contributed by atoms with Crippen molar-refractivity contribution in [1.29, 1.82) is 0 Å². The quantitative estimate of drug-likeness (QED) is 0.837. The van der Waals surface area contributed by atoms with Crippen LogP contribution in [-0.4, -0.2) is 31.2 Å². The Bertz CT molecular complexity index is 627. The Morgan fingerprint density at radius 2 is 2.04 bits per heavy atom. The van der Waals surface area contributed by atoms with E-state index in [0.29, 0.717) is 48.2 Å². The minimum atomic E-state index is -0.0641. The number of hydrogen-bond acceptors (Lipinski definition) is 4. The number of carbonyl (C=O) groups excluding carboxylic acids is 1. The van der Waals surface area contributed by atoms with E-state index in [1.165, 1.54) is 25.7 Å². The van der Waals surface area contributed by atoms with Crippen LogP contribution in [0.2, 0.25) is 5.02 Å². The molecule has 1 aromatic rings. The highest BCUT2D eigenvalue weighted by atomic mass is 35.5. The van der Waals surface area contributed by atoms with Gasteiger partial charge in [0.15, 0.2) is 11.5 Å². The van der Waals surface area contributed by atoms with Crippen LogP contribution >= 0.6 is 24.0 Å². The highest BCUT2D eigenvalue weighted by Crippen LogP contribution is 2.38. The molecule has 0 radical (unpaired) electrons. The number of hydrogen-bond donors (Lipinski definition) is 2. The van der Waals surface area contributed by atoms with Crippen LogP contribution in [0.1, 0.15) is 37.7 Å². The molecular weight excluding hydrogens is 363 g/mol. The number of amides is 1. The minimum absolute atomic E-state index is 0. The Kier molecular flexibility index (Phi) is 5.97. The average molecular weight is 387 g/mol. The first kappa shape index (κ1) is 18.6. The van der Waals surface area contributed by atoms with E-state index in [-0.39, 0.29) is 24.4 Å². The highest BCUT2D eigenvalue weighted by Gasteiger charge is 2.38. The van der Waals surface area contributed by atoms with Crippen LogP contribution in [0.3, 0.4) is 0 Å². The maximum Gasteiger partial charge on any atom is 0.237 e. The summed E-state index contributed by atoms with van der Waals surface area (Å²) < 4.78 is 11.1. The van der Waals surface area contributed by atoms with Gasteiger partial charge in [-0.2, -0.15) is 0 Å². The zero-order valence-electron chi connectivity index (χ0n) is 14.1. The highest BCUT2D eigenvalue weighted by molar-refractivity contribution is 6.32. The summed E-state index contributed by atoms with van der Waals surface area (Å²) in [6.45, 7) is 1.48. The van der Waals surface area contributed by atoms with Crippen LogP contribution in [0.4, 0.5) is 0 Å². The Hall–Kier alpha value is -1.17. The molecule has 1 saturated heterocycles. The molecule has 1 aliphatic carbocycles. The molecule has 2 fully saturated rings. The van der Waals surface area contributed by atoms with E-state index in [1.54, 1.807) is 0 Å². The normalized spacial score (nSPS) is 27.2. The summed E-state index contributed by atoms with van der Waals surface area (Å²) in [5.74, 6) is 2.00. The van der Waals surface area contributed by atoms with Gasteiger partial charge in [0.25, 0.3) is 0 Å². The van der Waals surface area contributed by atoms with Crippen LogP contribution < -0.4 is 20.1 Å². The topological polar surface area (TPSA) is 59.6 Å². The molecule has 2 heterocycles. The molecule has 1 aromatic carbocycles. The van der Waals surface area contributed by atoms with Gasteiger partial charge in [0, 0.05) is 12.6 Å². The number of fused-ring (bicyclic) bond motifs is 2. The smallest absolute Gasteiger partial charge is 0.237 e. The summed E-state index contributed by atoms with van der Waals surface area (Å²) in [6.07, 6.45) is 5.98. The third-order valence-electron chi connectivity index (χ3n) is 5.30. The number of benzene rings is 1. The molecule has 0 bridgehead atoms. The van der Waals surface area contributed by atoms with Crippen LogP contribution in [0.5, 0.6) is 11.5 Å². The molecule has 0 spiro atoms. The van der Waals surface area contributed by atoms with Crippen molar-refractivity contribution in [2.24, 2.45) is 5.92 Å². The van der Waals surface area contributed by atoms with E-state index >= 15 is 0 Å². The monoisotopic (exact) mass is 386 g/mol. The third kappa shape index (κ3) is 3.99. The van der Waals surface area contributed by atoms with E-state index in [0.717, 1.165) is 12.0 Å². The summed E-state index contributed by atoms with van der Waals surface area (Å²) in [5.41, 5.74) is 0.924. The third-order valence-corrected chi connectivity index (χ3v) is 5.58. The average Bonchev–Trinajstić information content (AvgIpc) is 3.04. The van der Waals surface area contributed by atoms with Gasteiger partial charge in [-0.15, -0.1) is 12.4 Å². The lowest BCUT2D eigenvalue weighted by Crippen LogP contribution is -2.42. The molecule has 1 saturated carbocycles. The maximum absolute atomic E-state index is 12.5. The molecule has 3 unspecified atom stereocenters. The van der Waals surface area contributed by atoms with Gasteiger partial charge in [-0.05, 0) is 42.9 Å². The number of nitrogens with one attached hydrogen (secondary N) is 2. The van der Waals surface area contributed by atoms with Gasteiger partial charge in [-0.3, -0.25) is 4.79 Å². The predicted molar refractivity (Wildman–Crippen MR) is 98.8 cm³/mol. The fourth-order valence-electron chi connectivity index (χ4n) is 4.10. The summed E-state index contributed by atoms with van der Waals surface area (Å²) in [4.78, 5) is 12.5. The van der Waals surface area contributed by atoms with E-state index in [2.05, 4.69) is 10.6 Å². The molecule has 25 heavy (non-hydrogen) atoms. The zero-order valence-corrected chi connectivity index (χ0v) is 15.6. The van der Waals surface area contributed by atoms with Gasteiger partial charge in [0.2, 0.25) is 5.91 Å². The van der Waals surface area contributed by atoms with Gasteiger partial charge in [-0.1, -0.05) is 24.4 Å². The lowest BCUT2D eigenvalue weighted by atomic mass is 9.85. The molecule has 3 atom stereocenters. The standard InChI is InChI=1S/C18H23ClN2O3.ClH/c19-13-7-11(8-16-17(13)24-6-5-23-16)10-20-18(22)15-9-12-3-1-2-4-14(12)21-15;/h7-8,12,14-15,21H,1-6,9-10H2,(H,20,22);1H. The Morgan fingerprint density at radius 1 is 1.24 bits per heavy atom. The molecule has 2 N–H and O–H groups in total. The van der Waals surface area contributed by atoms with Crippen LogP contribution in [-0.2, 0) is 11.3 Å². The number of halogens is 2. The second-order valence-electron chi connectivity index (χ2n) is 6.93. The SMILES string of the molecule is Cl.O=C(NCc1cc(Cl)c2c(c1)OCCO2)C1CC2CCCCC2N1. The maximum atomic E-state index is 12.5. The van der Waals surface area contributed by atoms with Crippen molar-refractivity contribution in [3.8, 4) is 11.5 Å². The molecular formula is C18H24Cl2N2O3. The lowest BCUT2D eigenvalue weighted by Gasteiger charge is -2.24. The van der Waals surface area contributed by atoms with Crippen molar-refractivity contribution in [3.63, 3.8) is 0 Å². The summed E-state index contributed by atoms with van der Waals surface area (Å²) in [5, 5.41) is 7.06. The van der Waals surface area contributed by atoms with Crippen molar-refractivity contribution in [2.45, 2.75) is 50.7 Å². The van der Waals surface area contributed by atoms with E-state index in [9.17, 15) is 4.79 Å². The van der Waals surface area contributed by atoms with Crippen LogP contribution in [0, 0.1) is 5.92 Å². The van der Waals surface area contributed by atoms with Crippen molar-refractivity contribution in [3.05, 3.63) is 22.7 Å². The molecule has 4 rings (SSSR count). The molecule has 0 aromatic heterocycles. The van der Waals surface area contributed by atoms with E-state index in [4.69, 9.17) is 21.1 Å². The molecule has 3 aliphatic rings. The van der Waals surface area contributed by atoms with Crippen LogP contribution in [0.15, 0.2) is 12.1 Å². The van der Waals surface area contributed by atoms with E-state index < -0.39 is 0 Å². The lowest BCUT2D eigenvalue weighted by molar-refractivity contribution is -0.123. The predicted octanol–water partition coefficient (Wildman–Crippen LogP) is 3.07. The molecule has 5 nitrogen and oxygen atoms in total. The van der Waals surface area contributed by atoms with Crippen molar-refractivity contribution >= 4 is 29.9 Å². The van der Waals surface area contributed by atoms with E-state index in [1.807, 2.05) is 12.1 Å². The Morgan fingerprint density at radius 3 is 2.88 bits per heavy atom. The van der Waals surface area contributed by atoms with Gasteiger partial charge in [-0.25, -0.2) is 0 Å². The zero-order chi connectivity index (χ0) is 16.5. The molecule has 2 aliphatic heterocycles. The molecule has 1 amide bonds. The van der Waals surface area contributed by atoms with Crippen LogP contribution in [0.25, 0.3) is 0 Å². The number of ether oxygens (including phenoxy) is 2. The summed E-state index contributed by atoms with van der Waals surface area (Å²) in [7, 11) is 0. The fraction of sp³-hybridized carbons (Fsp3) is 0.611. The number of carbonyl (C=O) groups is 1. The van der Waals surface area contributed by atoms with Crippen molar-refractivity contribution in [2.75, 3.05) is 13.2 Å². The van der Waals surface area contributed by atoms with Crippen molar-refractivity contribution < 1.29 is 14.3 Å². The summed E-state index contributed by atoms with van der Waals surface area (Å²) in [6, 6.07) is 4.18. The first-order valence-electron chi connectivity index (χ1n) is 8.82.